The minimum absolute atomic E-state index is 0.147. The van der Waals surface area contributed by atoms with Crippen LogP contribution in [0.3, 0.4) is 0 Å². The highest BCUT2D eigenvalue weighted by atomic mass is 19.4. The zero-order valence-electron chi connectivity index (χ0n) is 12.1. The van der Waals surface area contributed by atoms with Crippen LogP contribution in [-0.2, 0) is 12.6 Å². The molecule has 0 atom stereocenters. The fourth-order valence-electron chi connectivity index (χ4n) is 2.09. The van der Waals surface area contributed by atoms with E-state index in [-0.39, 0.29) is 11.4 Å². The van der Waals surface area contributed by atoms with Gasteiger partial charge in [-0.05, 0) is 36.6 Å². The molecule has 0 amide bonds. The first-order chi connectivity index (χ1) is 10.4. The van der Waals surface area contributed by atoms with E-state index in [9.17, 15) is 17.6 Å². The number of hydrogen-bond donors (Lipinski definition) is 0. The van der Waals surface area contributed by atoms with Crippen molar-refractivity contribution in [3.05, 3.63) is 47.5 Å². The lowest BCUT2D eigenvalue weighted by atomic mass is 10.1. The molecule has 0 aliphatic carbocycles. The van der Waals surface area contributed by atoms with E-state index in [1.807, 2.05) is 0 Å². The summed E-state index contributed by atoms with van der Waals surface area (Å²) in [4.78, 5) is 8.16. The topological polar surface area (TPSA) is 25.8 Å². The predicted molar refractivity (Wildman–Crippen MR) is 75.7 cm³/mol. The summed E-state index contributed by atoms with van der Waals surface area (Å²) in [5.74, 6) is -1.14. The molecular weight excluding hydrogens is 296 g/mol. The van der Waals surface area contributed by atoms with Gasteiger partial charge in [0.1, 0.15) is 5.82 Å². The lowest BCUT2D eigenvalue weighted by Crippen LogP contribution is -2.08. The molecule has 1 aromatic heterocycles. The maximum atomic E-state index is 13.3. The second-order valence-electron chi connectivity index (χ2n) is 5.06. The van der Waals surface area contributed by atoms with Gasteiger partial charge in [-0.2, -0.15) is 13.2 Å². The second-order valence-corrected chi connectivity index (χ2v) is 5.06. The van der Waals surface area contributed by atoms with Crippen molar-refractivity contribution in [1.29, 1.82) is 0 Å². The van der Waals surface area contributed by atoms with Crippen LogP contribution in [0, 0.1) is 5.82 Å². The van der Waals surface area contributed by atoms with Gasteiger partial charge in [0, 0.05) is 18.0 Å². The number of alkyl halides is 3. The van der Waals surface area contributed by atoms with Crippen molar-refractivity contribution in [2.75, 3.05) is 0 Å². The maximum absolute atomic E-state index is 13.3. The average Bonchev–Trinajstić information content (AvgIpc) is 2.48. The van der Waals surface area contributed by atoms with Gasteiger partial charge in [-0.15, -0.1) is 0 Å². The third-order valence-electron chi connectivity index (χ3n) is 3.30. The van der Waals surface area contributed by atoms with Gasteiger partial charge in [0.05, 0.1) is 5.56 Å². The van der Waals surface area contributed by atoms with Crippen molar-refractivity contribution in [3.8, 4) is 11.4 Å². The van der Waals surface area contributed by atoms with Gasteiger partial charge in [0.15, 0.2) is 5.82 Å². The second kappa shape index (κ2) is 6.85. The molecule has 0 spiro atoms. The summed E-state index contributed by atoms with van der Waals surface area (Å²) in [7, 11) is 0. The van der Waals surface area contributed by atoms with Crippen molar-refractivity contribution >= 4 is 0 Å². The molecule has 2 rings (SSSR count). The molecule has 0 saturated heterocycles. The van der Waals surface area contributed by atoms with Gasteiger partial charge in [-0.3, -0.25) is 0 Å². The van der Waals surface area contributed by atoms with Crippen LogP contribution in [0.4, 0.5) is 17.6 Å². The van der Waals surface area contributed by atoms with E-state index < -0.39 is 17.6 Å². The Labute approximate surface area is 126 Å². The van der Waals surface area contributed by atoms with Crippen LogP contribution in [-0.4, -0.2) is 9.97 Å². The quantitative estimate of drug-likeness (QED) is 0.571. The molecule has 0 N–H and O–H groups in total. The zero-order chi connectivity index (χ0) is 16.2. The molecule has 2 aromatic rings. The summed E-state index contributed by atoms with van der Waals surface area (Å²) in [6.07, 6.45) is 2.55. The standard InChI is InChI=1S/C16H16F4N2/c1-2-3-4-5-11-9-21-15(22-10-11)12-6-7-14(17)13(8-12)16(18,19)20/h6-10H,2-5H2,1H3. The smallest absolute Gasteiger partial charge is 0.236 e. The van der Waals surface area contributed by atoms with Gasteiger partial charge in [-0.25, -0.2) is 14.4 Å². The Hall–Kier alpha value is -1.98. The summed E-state index contributed by atoms with van der Waals surface area (Å²) < 4.78 is 51.4. The Morgan fingerprint density at radius 3 is 2.32 bits per heavy atom. The number of aromatic nitrogens is 2. The maximum Gasteiger partial charge on any atom is 0.419 e. The van der Waals surface area contributed by atoms with E-state index in [4.69, 9.17) is 0 Å². The molecular formula is C16H16F4N2. The monoisotopic (exact) mass is 312 g/mol. The zero-order valence-corrected chi connectivity index (χ0v) is 12.1. The molecule has 0 aliphatic heterocycles. The molecule has 0 radical (unpaired) electrons. The van der Waals surface area contributed by atoms with E-state index in [1.165, 1.54) is 6.07 Å². The molecule has 6 heteroatoms. The minimum atomic E-state index is -4.74. The van der Waals surface area contributed by atoms with Gasteiger partial charge >= 0.3 is 6.18 Å². The lowest BCUT2D eigenvalue weighted by molar-refractivity contribution is -0.139. The van der Waals surface area contributed by atoms with Crippen molar-refractivity contribution in [2.24, 2.45) is 0 Å². The normalized spacial score (nSPS) is 11.7. The number of hydrogen-bond acceptors (Lipinski definition) is 2. The highest BCUT2D eigenvalue weighted by Crippen LogP contribution is 2.33. The molecule has 0 saturated carbocycles. The number of nitrogens with zero attached hydrogens (tertiary/aromatic N) is 2. The largest absolute Gasteiger partial charge is 0.419 e. The third kappa shape index (κ3) is 4.02. The van der Waals surface area contributed by atoms with E-state index in [0.717, 1.165) is 43.4 Å². The van der Waals surface area contributed by atoms with E-state index in [2.05, 4.69) is 16.9 Å². The highest BCUT2D eigenvalue weighted by molar-refractivity contribution is 5.56. The number of benzene rings is 1. The van der Waals surface area contributed by atoms with E-state index in [1.54, 1.807) is 12.4 Å². The van der Waals surface area contributed by atoms with Crippen LogP contribution in [0.1, 0.15) is 37.3 Å². The summed E-state index contributed by atoms with van der Waals surface area (Å²) in [6, 6.07) is 2.77. The van der Waals surface area contributed by atoms with Crippen molar-refractivity contribution in [1.82, 2.24) is 9.97 Å². The van der Waals surface area contributed by atoms with Crippen LogP contribution in [0.5, 0.6) is 0 Å². The fourth-order valence-corrected chi connectivity index (χ4v) is 2.09. The average molecular weight is 312 g/mol. The van der Waals surface area contributed by atoms with Gasteiger partial charge in [0.25, 0.3) is 0 Å². The molecule has 0 bridgehead atoms. The number of halogens is 4. The molecule has 0 aliphatic rings. The summed E-state index contributed by atoms with van der Waals surface area (Å²) in [5, 5.41) is 0. The van der Waals surface area contributed by atoms with Crippen molar-refractivity contribution in [3.63, 3.8) is 0 Å². The van der Waals surface area contributed by atoms with Crippen LogP contribution in [0.15, 0.2) is 30.6 Å². The first kappa shape index (κ1) is 16.4. The van der Waals surface area contributed by atoms with Crippen LogP contribution >= 0.6 is 0 Å². The van der Waals surface area contributed by atoms with Crippen LogP contribution in [0.25, 0.3) is 11.4 Å². The lowest BCUT2D eigenvalue weighted by Gasteiger charge is -2.09. The minimum Gasteiger partial charge on any atom is -0.236 e. The fraction of sp³-hybridized carbons (Fsp3) is 0.375. The van der Waals surface area contributed by atoms with Crippen LogP contribution in [0.2, 0.25) is 0 Å². The Kier molecular flexibility index (Phi) is 5.11. The summed E-state index contributed by atoms with van der Waals surface area (Å²) in [5.41, 5.74) is -0.218. The number of aryl methyl sites for hydroxylation is 1. The molecule has 118 valence electrons. The van der Waals surface area contributed by atoms with Gasteiger partial charge < -0.3 is 0 Å². The first-order valence-electron chi connectivity index (χ1n) is 7.10. The molecule has 0 fully saturated rings. The van der Waals surface area contributed by atoms with Gasteiger partial charge in [0.2, 0.25) is 0 Å². The highest BCUT2D eigenvalue weighted by Gasteiger charge is 2.34. The third-order valence-corrected chi connectivity index (χ3v) is 3.30. The van der Waals surface area contributed by atoms with Crippen molar-refractivity contribution in [2.45, 2.75) is 38.8 Å². The Morgan fingerprint density at radius 1 is 1.05 bits per heavy atom. The van der Waals surface area contributed by atoms with E-state index >= 15 is 0 Å². The Bertz CT molecular complexity index is 621. The SMILES string of the molecule is CCCCCc1cnc(-c2ccc(F)c(C(F)(F)F)c2)nc1. The van der Waals surface area contributed by atoms with E-state index in [0.29, 0.717) is 0 Å². The molecule has 2 nitrogen and oxygen atoms in total. The molecule has 0 unspecified atom stereocenters. The first-order valence-corrected chi connectivity index (χ1v) is 7.10. The molecule has 1 aromatic carbocycles. The van der Waals surface area contributed by atoms with Gasteiger partial charge in [-0.1, -0.05) is 19.8 Å². The summed E-state index contributed by atoms with van der Waals surface area (Å²) in [6.45, 7) is 2.10. The Morgan fingerprint density at radius 2 is 1.73 bits per heavy atom. The van der Waals surface area contributed by atoms with Crippen LogP contribution < -0.4 is 0 Å². The molecule has 22 heavy (non-hydrogen) atoms. The predicted octanol–water partition coefficient (Wildman–Crippen LogP) is 5.03. The number of rotatable bonds is 5. The molecule has 1 heterocycles. The number of unbranched alkanes of at least 4 members (excludes halogenated alkanes) is 2. The van der Waals surface area contributed by atoms with Crippen molar-refractivity contribution < 1.29 is 17.6 Å². The Balaban J connectivity index is 2.21. The summed E-state index contributed by atoms with van der Waals surface area (Å²) >= 11 is 0.